The van der Waals surface area contributed by atoms with Crippen molar-refractivity contribution in [1.29, 1.82) is 0 Å². The van der Waals surface area contributed by atoms with E-state index in [-0.39, 0.29) is 16.9 Å². The molecule has 1 aliphatic carbocycles. The van der Waals surface area contributed by atoms with Crippen LogP contribution in [-0.2, 0) is 4.79 Å². The molecule has 0 atom stereocenters. The Labute approximate surface area is 202 Å². The molecule has 5 rings (SSSR count). The van der Waals surface area contributed by atoms with Crippen molar-refractivity contribution in [1.82, 2.24) is 20.4 Å². The molecule has 4 aromatic rings. The van der Waals surface area contributed by atoms with Crippen LogP contribution in [0.4, 0.5) is 4.39 Å². The molecule has 2 N–H and O–H groups in total. The second-order valence-corrected chi connectivity index (χ2v) is 9.61. The number of aromatic nitrogens is 2. The summed E-state index contributed by atoms with van der Waals surface area (Å²) in [4.78, 5) is 43.4. The number of thioether (sulfide) groups is 1. The molecule has 0 unspecified atom stereocenters. The SMILES string of the molecule is O=C(CSc1nc2scc(C3CC3)c2c(=O)n1-c1ccccc1)NNC(=O)c1ccc(F)cc1. The molecule has 2 heterocycles. The molecule has 2 aromatic carbocycles. The van der Waals surface area contributed by atoms with E-state index in [0.717, 1.165) is 42.3 Å². The predicted molar refractivity (Wildman–Crippen MR) is 130 cm³/mol. The number of fused-ring (bicyclic) bond motifs is 1. The van der Waals surface area contributed by atoms with Crippen LogP contribution in [0.5, 0.6) is 0 Å². The topological polar surface area (TPSA) is 93.1 Å². The van der Waals surface area contributed by atoms with Crippen molar-refractivity contribution in [3.05, 3.63) is 87.3 Å². The lowest BCUT2D eigenvalue weighted by molar-refractivity contribution is -0.119. The first-order valence-electron chi connectivity index (χ1n) is 10.6. The van der Waals surface area contributed by atoms with Crippen molar-refractivity contribution in [2.24, 2.45) is 0 Å². The number of nitrogens with one attached hydrogen (secondary N) is 2. The third-order valence-electron chi connectivity index (χ3n) is 5.39. The minimum Gasteiger partial charge on any atom is -0.272 e. The van der Waals surface area contributed by atoms with Crippen LogP contribution in [0.25, 0.3) is 15.9 Å². The second kappa shape index (κ2) is 9.40. The van der Waals surface area contributed by atoms with E-state index < -0.39 is 17.6 Å². The molecule has 0 aliphatic heterocycles. The Balaban J connectivity index is 1.35. The minimum absolute atomic E-state index is 0.0741. The van der Waals surface area contributed by atoms with E-state index in [1.54, 1.807) is 0 Å². The van der Waals surface area contributed by atoms with Crippen LogP contribution in [0.15, 0.2) is 69.9 Å². The van der Waals surface area contributed by atoms with Gasteiger partial charge in [0.15, 0.2) is 5.16 Å². The van der Waals surface area contributed by atoms with Crippen LogP contribution in [0.2, 0.25) is 0 Å². The zero-order valence-corrected chi connectivity index (χ0v) is 19.4. The van der Waals surface area contributed by atoms with Crippen molar-refractivity contribution in [2.45, 2.75) is 23.9 Å². The number of carbonyl (C=O) groups excluding carboxylic acids is 2. The second-order valence-electron chi connectivity index (χ2n) is 7.81. The largest absolute Gasteiger partial charge is 0.272 e. The molecular weight excluding hydrogens is 475 g/mol. The Morgan fingerprint density at radius 2 is 1.82 bits per heavy atom. The Morgan fingerprint density at radius 1 is 1.09 bits per heavy atom. The monoisotopic (exact) mass is 494 g/mol. The smallest absolute Gasteiger partial charge is 0.269 e. The van der Waals surface area contributed by atoms with E-state index in [4.69, 9.17) is 4.98 Å². The molecule has 34 heavy (non-hydrogen) atoms. The maximum atomic E-state index is 13.5. The van der Waals surface area contributed by atoms with Crippen molar-refractivity contribution in [3.8, 4) is 5.69 Å². The zero-order chi connectivity index (χ0) is 23.7. The summed E-state index contributed by atoms with van der Waals surface area (Å²) >= 11 is 2.55. The number of amides is 2. The highest BCUT2D eigenvalue weighted by atomic mass is 32.2. The van der Waals surface area contributed by atoms with Gasteiger partial charge in [-0.2, -0.15) is 0 Å². The molecule has 172 valence electrons. The van der Waals surface area contributed by atoms with Crippen molar-refractivity contribution < 1.29 is 14.0 Å². The maximum Gasteiger partial charge on any atom is 0.269 e. The molecule has 0 radical (unpaired) electrons. The lowest BCUT2D eigenvalue weighted by atomic mass is 10.1. The van der Waals surface area contributed by atoms with E-state index in [1.807, 2.05) is 35.7 Å². The highest BCUT2D eigenvalue weighted by Gasteiger charge is 2.29. The number of hydrazine groups is 1. The van der Waals surface area contributed by atoms with Crippen LogP contribution in [-0.4, -0.2) is 27.1 Å². The van der Waals surface area contributed by atoms with Crippen molar-refractivity contribution in [3.63, 3.8) is 0 Å². The number of carbonyl (C=O) groups is 2. The van der Waals surface area contributed by atoms with Gasteiger partial charge in [-0.1, -0.05) is 30.0 Å². The van der Waals surface area contributed by atoms with Crippen LogP contribution in [0.3, 0.4) is 0 Å². The van der Waals surface area contributed by atoms with Crippen LogP contribution in [0, 0.1) is 5.82 Å². The van der Waals surface area contributed by atoms with Gasteiger partial charge in [0.2, 0.25) is 5.91 Å². The average Bonchev–Trinajstić information content (AvgIpc) is 3.61. The fourth-order valence-corrected chi connectivity index (χ4v) is 5.43. The first kappa shape index (κ1) is 22.3. The summed E-state index contributed by atoms with van der Waals surface area (Å²) in [5.41, 5.74) is 6.43. The minimum atomic E-state index is -0.565. The van der Waals surface area contributed by atoms with E-state index in [0.29, 0.717) is 27.0 Å². The quantitative estimate of drug-likeness (QED) is 0.240. The van der Waals surface area contributed by atoms with Crippen LogP contribution < -0.4 is 16.4 Å². The standard InChI is InChI=1S/C24H19FN4O3S2/c25-16-10-8-15(9-11-16)21(31)28-27-19(30)13-34-24-26-22-20(18(12-33-22)14-6-7-14)23(32)29(24)17-4-2-1-3-5-17/h1-5,8-12,14H,6-7,13H2,(H,27,30)(H,28,31). The lowest BCUT2D eigenvalue weighted by Gasteiger charge is -2.13. The summed E-state index contributed by atoms with van der Waals surface area (Å²) in [7, 11) is 0. The van der Waals surface area contributed by atoms with Crippen LogP contribution in [0.1, 0.15) is 34.7 Å². The number of hydrogen-bond donors (Lipinski definition) is 2. The number of halogens is 1. The molecule has 1 aliphatic rings. The predicted octanol–water partition coefficient (Wildman–Crippen LogP) is 4.02. The zero-order valence-electron chi connectivity index (χ0n) is 17.8. The molecular formula is C24H19FN4O3S2. The Bertz CT molecular complexity index is 1430. The van der Waals surface area contributed by atoms with Gasteiger partial charge in [0.1, 0.15) is 10.6 Å². The van der Waals surface area contributed by atoms with Gasteiger partial charge in [-0.25, -0.2) is 9.37 Å². The van der Waals surface area contributed by atoms with E-state index >= 15 is 0 Å². The lowest BCUT2D eigenvalue weighted by Crippen LogP contribution is -2.42. The highest BCUT2D eigenvalue weighted by Crippen LogP contribution is 2.44. The summed E-state index contributed by atoms with van der Waals surface area (Å²) in [6.45, 7) is 0. The maximum absolute atomic E-state index is 13.5. The van der Waals surface area contributed by atoms with E-state index in [9.17, 15) is 18.8 Å². The fraction of sp³-hybridized carbons (Fsp3) is 0.167. The highest BCUT2D eigenvalue weighted by molar-refractivity contribution is 7.99. The van der Waals surface area contributed by atoms with Gasteiger partial charge in [0.25, 0.3) is 11.5 Å². The fourth-order valence-electron chi connectivity index (χ4n) is 3.56. The molecule has 1 fully saturated rings. The molecule has 2 aromatic heterocycles. The number of thiophene rings is 1. The summed E-state index contributed by atoms with van der Waals surface area (Å²) in [6, 6.07) is 14.2. The molecule has 2 amide bonds. The third-order valence-corrected chi connectivity index (χ3v) is 7.22. The van der Waals surface area contributed by atoms with Gasteiger partial charge in [-0.05, 0) is 66.1 Å². The van der Waals surface area contributed by atoms with Gasteiger partial charge in [0, 0.05) is 5.56 Å². The summed E-state index contributed by atoms with van der Waals surface area (Å²) in [6.07, 6.45) is 2.16. The third kappa shape index (κ3) is 4.59. The molecule has 0 bridgehead atoms. The summed E-state index contributed by atoms with van der Waals surface area (Å²) < 4.78 is 14.6. The molecule has 10 heteroatoms. The van der Waals surface area contributed by atoms with Gasteiger partial charge in [0.05, 0.1) is 16.8 Å². The summed E-state index contributed by atoms with van der Waals surface area (Å²) in [5.74, 6) is -1.15. The van der Waals surface area contributed by atoms with E-state index in [2.05, 4.69) is 10.9 Å². The molecule has 0 spiro atoms. The number of benzene rings is 2. The molecule has 7 nitrogen and oxygen atoms in total. The number of nitrogens with zero attached hydrogens (tertiary/aromatic N) is 2. The first-order chi connectivity index (χ1) is 16.5. The Kier molecular flexibility index (Phi) is 6.16. The van der Waals surface area contributed by atoms with Crippen LogP contribution >= 0.6 is 23.1 Å². The normalized spacial score (nSPS) is 13.1. The number of para-hydroxylation sites is 1. The van der Waals surface area contributed by atoms with Gasteiger partial charge >= 0.3 is 0 Å². The number of hydrogen-bond acceptors (Lipinski definition) is 6. The summed E-state index contributed by atoms with van der Waals surface area (Å²) in [5, 5.41) is 3.06. The Hall–Kier alpha value is -3.50. The Morgan fingerprint density at radius 3 is 2.53 bits per heavy atom. The molecule has 1 saturated carbocycles. The van der Waals surface area contributed by atoms with Gasteiger partial charge in [-0.15, -0.1) is 11.3 Å². The first-order valence-corrected chi connectivity index (χ1v) is 12.4. The van der Waals surface area contributed by atoms with Gasteiger partial charge < -0.3 is 0 Å². The average molecular weight is 495 g/mol. The van der Waals surface area contributed by atoms with Crippen molar-refractivity contribution >= 4 is 45.1 Å². The van der Waals surface area contributed by atoms with Gasteiger partial charge in [-0.3, -0.25) is 29.8 Å². The van der Waals surface area contributed by atoms with Crippen molar-refractivity contribution in [2.75, 3.05) is 5.75 Å². The molecule has 0 saturated heterocycles. The number of rotatable bonds is 6. The van der Waals surface area contributed by atoms with E-state index in [1.165, 1.54) is 28.0 Å².